The van der Waals surface area contributed by atoms with Crippen molar-refractivity contribution in [3.63, 3.8) is 0 Å². The third-order valence-corrected chi connectivity index (χ3v) is 3.30. The summed E-state index contributed by atoms with van der Waals surface area (Å²) in [6, 6.07) is 1.72. The Morgan fingerprint density at radius 3 is 2.68 bits per heavy atom. The normalized spacial score (nSPS) is 10.7. The van der Waals surface area contributed by atoms with Crippen LogP contribution in [0.1, 0.15) is 28.7 Å². The highest BCUT2D eigenvalue weighted by atomic mass is 16.2. The van der Waals surface area contributed by atoms with Crippen LogP contribution >= 0.6 is 0 Å². The standard InChI is InChI=1S/C13H19N5O/c1-5-18-10(2)11(8-15-18)9-16(3)13(19)12-6-7-14-17(12)4/h6-8H,5,9H2,1-4H3. The van der Waals surface area contributed by atoms with E-state index in [4.69, 9.17) is 0 Å². The zero-order valence-electron chi connectivity index (χ0n) is 11.8. The van der Waals surface area contributed by atoms with Crippen LogP contribution in [0, 0.1) is 6.92 Å². The van der Waals surface area contributed by atoms with Gasteiger partial charge < -0.3 is 4.90 Å². The topological polar surface area (TPSA) is 56.0 Å². The minimum atomic E-state index is -0.0383. The number of amides is 1. The van der Waals surface area contributed by atoms with Crippen LogP contribution in [0.5, 0.6) is 0 Å². The number of carbonyl (C=O) groups excluding carboxylic acids is 1. The zero-order valence-corrected chi connectivity index (χ0v) is 11.8. The Morgan fingerprint density at radius 1 is 1.42 bits per heavy atom. The third-order valence-electron chi connectivity index (χ3n) is 3.30. The van der Waals surface area contributed by atoms with Gasteiger partial charge in [-0.15, -0.1) is 0 Å². The number of aryl methyl sites for hydroxylation is 2. The van der Waals surface area contributed by atoms with Gasteiger partial charge in [0.1, 0.15) is 5.69 Å². The van der Waals surface area contributed by atoms with Crippen LogP contribution in [0.4, 0.5) is 0 Å². The largest absolute Gasteiger partial charge is 0.336 e. The van der Waals surface area contributed by atoms with E-state index in [1.807, 2.05) is 24.7 Å². The van der Waals surface area contributed by atoms with Crippen LogP contribution in [0.25, 0.3) is 0 Å². The lowest BCUT2D eigenvalue weighted by molar-refractivity contribution is 0.0774. The Bertz CT molecular complexity index is 584. The molecule has 0 aliphatic rings. The van der Waals surface area contributed by atoms with Crippen LogP contribution < -0.4 is 0 Å². The van der Waals surface area contributed by atoms with Gasteiger partial charge in [-0.1, -0.05) is 0 Å². The van der Waals surface area contributed by atoms with Crippen molar-refractivity contribution >= 4 is 5.91 Å². The van der Waals surface area contributed by atoms with Crippen molar-refractivity contribution in [2.24, 2.45) is 7.05 Å². The molecule has 6 nitrogen and oxygen atoms in total. The van der Waals surface area contributed by atoms with Gasteiger partial charge in [-0.3, -0.25) is 14.2 Å². The lowest BCUT2D eigenvalue weighted by Crippen LogP contribution is -2.28. The van der Waals surface area contributed by atoms with Crippen LogP contribution in [0.15, 0.2) is 18.5 Å². The van der Waals surface area contributed by atoms with Crippen LogP contribution in [-0.2, 0) is 20.1 Å². The van der Waals surface area contributed by atoms with Crippen molar-refractivity contribution in [2.45, 2.75) is 26.9 Å². The van der Waals surface area contributed by atoms with Crippen molar-refractivity contribution in [3.8, 4) is 0 Å². The molecule has 19 heavy (non-hydrogen) atoms. The first kappa shape index (κ1) is 13.3. The van der Waals surface area contributed by atoms with Crippen LogP contribution in [0.2, 0.25) is 0 Å². The van der Waals surface area contributed by atoms with E-state index < -0.39 is 0 Å². The Morgan fingerprint density at radius 2 is 2.16 bits per heavy atom. The van der Waals surface area contributed by atoms with E-state index in [0.29, 0.717) is 12.2 Å². The van der Waals surface area contributed by atoms with Gasteiger partial charge in [-0.05, 0) is 19.9 Å². The van der Waals surface area contributed by atoms with Gasteiger partial charge in [0.25, 0.3) is 5.91 Å². The highest BCUT2D eigenvalue weighted by molar-refractivity contribution is 5.92. The Balaban J connectivity index is 2.13. The maximum Gasteiger partial charge on any atom is 0.272 e. The molecule has 6 heteroatoms. The fraction of sp³-hybridized carbons (Fsp3) is 0.462. The predicted octanol–water partition coefficient (Wildman–Crippen LogP) is 1.22. The molecule has 0 radical (unpaired) electrons. The molecule has 0 aliphatic carbocycles. The number of nitrogens with zero attached hydrogens (tertiary/aromatic N) is 5. The van der Waals surface area contributed by atoms with Gasteiger partial charge in [-0.25, -0.2) is 0 Å². The summed E-state index contributed by atoms with van der Waals surface area (Å²) in [5, 5.41) is 8.30. The molecule has 102 valence electrons. The van der Waals surface area contributed by atoms with Gasteiger partial charge >= 0.3 is 0 Å². The number of carbonyl (C=O) groups is 1. The minimum absolute atomic E-state index is 0.0383. The minimum Gasteiger partial charge on any atom is -0.336 e. The number of hydrogen-bond acceptors (Lipinski definition) is 3. The van der Waals surface area contributed by atoms with Crippen molar-refractivity contribution < 1.29 is 4.79 Å². The van der Waals surface area contributed by atoms with Crippen molar-refractivity contribution in [2.75, 3.05) is 7.05 Å². The average Bonchev–Trinajstić information content (AvgIpc) is 2.96. The van der Waals surface area contributed by atoms with Crippen molar-refractivity contribution in [3.05, 3.63) is 35.4 Å². The summed E-state index contributed by atoms with van der Waals surface area (Å²) in [5.74, 6) is -0.0383. The molecule has 1 amide bonds. The first-order valence-electron chi connectivity index (χ1n) is 6.29. The van der Waals surface area contributed by atoms with Crippen LogP contribution in [-0.4, -0.2) is 37.4 Å². The quantitative estimate of drug-likeness (QED) is 0.831. The molecule has 2 aromatic heterocycles. The molecule has 0 atom stereocenters. The van der Waals surface area contributed by atoms with Gasteiger partial charge in [0.2, 0.25) is 0 Å². The van der Waals surface area contributed by atoms with Gasteiger partial charge in [0, 0.05) is 44.6 Å². The van der Waals surface area contributed by atoms with Gasteiger partial charge in [-0.2, -0.15) is 10.2 Å². The van der Waals surface area contributed by atoms with E-state index in [0.717, 1.165) is 17.8 Å². The Hall–Kier alpha value is -2.11. The molecule has 2 rings (SSSR count). The second kappa shape index (κ2) is 5.26. The highest BCUT2D eigenvalue weighted by Gasteiger charge is 2.17. The predicted molar refractivity (Wildman–Crippen MR) is 71.6 cm³/mol. The fourth-order valence-corrected chi connectivity index (χ4v) is 2.07. The third kappa shape index (κ3) is 2.52. The first-order valence-corrected chi connectivity index (χ1v) is 6.29. The van der Waals surface area contributed by atoms with E-state index in [-0.39, 0.29) is 5.91 Å². The number of hydrogen-bond donors (Lipinski definition) is 0. The maximum atomic E-state index is 12.3. The van der Waals surface area contributed by atoms with Gasteiger partial charge in [0.05, 0.1) is 6.20 Å². The van der Waals surface area contributed by atoms with Crippen molar-refractivity contribution in [1.82, 2.24) is 24.5 Å². The molecule has 0 unspecified atom stereocenters. The second-order valence-electron chi connectivity index (χ2n) is 4.57. The summed E-state index contributed by atoms with van der Waals surface area (Å²) >= 11 is 0. The molecule has 0 aliphatic heterocycles. The molecular weight excluding hydrogens is 242 g/mol. The maximum absolute atomic E-state index is 12.3. The summed E-state index contributed by atoms with van der Waals surface area (Å²) in [7, 11) is 3.56. The van der Waals surface area contributed by atoms with E-state index in [1.54, 1.807) is 35.9 Å². The van der Waals surface area contributed by atoms with E-state index in [1.165, 1.54) is 0 Å². The Labute approximate surface area is 112 Å². The fourth-order valence-electron chi connectivity index (χ4n) is 2.07. The molecule has 0 aromatic carbocycles. The molecule has 0 bridgehead atoms. The van der Waals surface area contributed by atoms with E-state index in [2.05, 4.69) is 10.2 Å². The number of rotatable bonds is 4. The zero-order chi connectivity index (χ0) is 14.0. The highest BCUT2D eigenvalue weighted by Crippen LogP contribution is 2.11. The first-order chi connectivity index (χ1) is 9.04. The summed E-state index contributed by atoms with van der Waals surface area (Å²) in [6.45, 7) is 5.46. The smallest absolute Gasteiger partial charge is 0.272 e. The molecule has 0 saturated heterocycles. The second-order valence-corrected chi connectivity index (χ2v) is 4.57. The van der Waals surface area contributed by atoms with Crippen LogP contribution in [0.3, 0.4) is 0 Å². The average molecular weight is 261 g/mol. The molecule has 0 saturated carbocycles. The summed E-state index contributed by atoms with van der Waals surface area (Å²) in [4.78, 5) is 13.9. The Kier molecular flexibility index (Phi) is 3.69. The molecular formula is C13H19N5O. The van der Waals surface area contributed by atoms with Crippen molar-refractivity contribution in [1.29, 1.82) is 0 Å². The lowest BCUT2D eigenvalue weighted by Gasteiger charge is -2.17. The SMILES string of the molecule is CCn1ncc(CN(C)C(=O)c2ccnn2C)c1C. The monoisotopic (exact) mass is 261 g/mol. The molecule has 2 aromatic rings. The summed E-state index contributed by atoms with van der Waals surface area (Å²) in [6.07, 6.45) is 3.45. The van der Waals surface area contributed by atoms with E-state index in [9.17, 15) is 4.79 Å². The van der Waals surface area contributed by atoms with Gasteiger partial charge in [0.15, 0.2) is 0 Å². The lowest BCUT2D eigenvalue weighted by atomic mass is 10.2. The van der Waals surface area contributed by atoms with E-state index >= 15 is 0 Å². The summed E-state index contributed by atoms with van der Waals surface area (Å²) < 4.78 is 3.51. The molecule has 0 spiro atoms. The summed E-state index contributed by atoms with van der Waals surface area (Å²) in [5.41, 5.74) is 2.76. The molecule has 0 N–H and O–H groups in total. The number of aromatic nitrogens is 4. The molecule has 0 fully saturated rings. The molecule has 2 heterocycles.